The average molecular weight is 390 g/mol. The molecule has 0 amide bonds. The summed E-state index contributed by atoms with van der Waals surface area (Å²) in [5, 5.41) is 6.81. The smallest absolute Gasteiger partial charge is 0.191 e. The van der Waals surface area contributed by atoms with E-state index in [1.54, 1.807) is 12.1 Å². The topological polar surface area (TPSA) is 42.9 Å². The third kappa shape index (κ3) is 6.17. The number of likely N-dealkylation sites (N-methyl/N-ethyl adjacent to an activating group) is 1. The Kier molecular flexibility index (Phi) is 7.68. The van der Waals surface area contributed by atoms with Crippen molar-refractivity contribution >= 4 is 5.96 Å². The standard InChI is InChI=1S/C22H36FN5/c1-3-24-21(25-11-4-5-12-28-15-13-27(2)14-16-28)26-18-22(9-10-22)19-7-6-8-20(23)17-19/h6-8,17H,3-5,9-16,18H2,1-2H3,(H2,24,25,26). The second-order valence-corrected chi connectivity index (χ2v) is 8.26. The number of benzene rings is 1. The summed E-state index contributed by atoms with van der Waals surface area (Å²) < 4.78 is 13.6. The number of piperazine rings is 1. The molecular weight excluding hydrogens is 353 g/mol. The highest BCUT2D eigenvalue weighted by Crippen LogP contribution is 2.48. The molecule has 0 radical (unpaired) electrons. The summed E-state index contributed by atoms with van der Waals surface area (Å²) in [5.74, 6) is 0.725. The Balaban J connectivity index is 1.40. The van der Waals surface area contributed by atoms with Crippen molar-refractivity contribution in [3.8, 4) is 0 Å². The lowest BCUT2D eigenvalue weighted by Gasteiger charge is -2.32. The van der Waals surface area contributed by atoms with Crippen molar-refractivity contribution in [2.75, 3.05) is 59.4 Å². The molecular formula is C22H36FN5. The van der Waals surface area contributed by atoms with Crippen molar-refractivity contribution in [3.63, 3.8) is 0 Å². The summed E-state index contributed by atoms with van der Waals surface area (Å²) in [6.07, 6.45) is 4.53. The molecule has 1 saturated heterocycles. The van der Waals surface area contributed by atoms with E-state index in [0.29, 0.717) is 6.54 Å². The summed E-state index contributed by atoms with van der Waals surface area (Å²) in [7, 11) is 2.20. The first-order chi connectivity index (χ1) is 13.6. The van der Waals surface area contributed by atoms with Crippen LogP contribution in [-0.4, -0.2) is 75.2 Å². The molecule has 0 aromatic heterocycles. The lowest BCUT2D eigenvalue weighted by Crippen LogP contribution is -2.44. The van der Waals surface area contributed by atoms with Gasteiger partial charge >= 0.3 is 0 Å². The van der Waals surface area contributed by atoms with Gasteiger partial charge < -0.3 is 20.4 Å². The van der Waals surface area contributed by atoms with Crippen LogP contribution in [0.5, 0.6) is 0 Å². The minimum atomic E-state index is -0.155. The summed E-state index contributed by atoms with van der Waals surface area (Å²) >= 11 is 0. The fraction of sp³-hybridized carbons (Fsp3) is 0.682. The number of hydrogen-bond donors (Lipinski definition) is 2. The number of unbranched alkanes of at least 4 members (excludes halogenated alkanes) is 1. The first-order valence-electron chi connectivity index (χ1n) is 10.8. The summed E-state index contributed by atoms with van der Waals surface area (Å²) in [6.45, 7) is 10.5. The maximum absolute atomic E-state index is 13.6. The molecule has 0 unspecified atom stereocenters. The van der Waals surface area contributed by atoms with Crippen LogP contribution in [0.2, 0.25) is 0 Å². The van der Waals surface area contributed by atoms with Crippen LogP contribution in [0, 0.1) is 5.82 Å². The van der Waals surface area contributed by atoms with Crippen LogP contribution in [0.3, 0.4) is 0 Å². The molecule has 156 valence electrons. The number of rotatable bonds is 9. The molecule has 1 aliphatic heterocycles. The number of hydrogen-bond acceptors (Lipinski definition) is 3. The van der Waals surface area contributed by atoms with Gasteiger partial charge in [-0.2, -0.15) is 0 Å². The second kappa shape index (κ2) is 10.2. The monoisotopic (exact) mass is 389 g/mol. The Hall–Kier alpha value is -1.66. The number of guanidine groups is 1. The lowest BCUT2D eigenvalue weighted by atomic mass is 9.96. The molecule has 2 N–H and O–H groups in total. The Morgan fingerprint density at radius 3 is 2.61 bits per heavy atom. The van der Waals surface area contributed by atoms with Gasteiger partial charge in [0.2, 0.25) is 0 Å². The lowest BCUT2D eigenvalue weighted by molar-refractivity contribution is 0.152. The van der Waals surface area contributed by atoms with E-state index in [1.807, 2.05) is 6.07 Å². The van der Waals surface area contributed by atoms with Crippen molar-refractivity contribution in [2.24, 2.45) is 4.99 Å². The summed E-state index contributed by atoms with van der Waals surface area (Å²) in [5.41, 5.74) is 1.12. The quantitative estimate of drug-likeness (QED) is 0.387. The van der Waals surface area contributed by atoms with Gasteiger partial charge in [-0.25, -0.2) is 4.39 Å². The Morgan fingerprint density at radius 1 is 1.14 bits per heavy atom. The third-order valence-corrected chi connectivity index (χ3v) is 5.96. The maximum Gasteiger partial charge on any atom is 0.191 e. The molecule has 1 aliphatic carbocycles. The molecule has 1 heterocycles. The molecule has 2 fully saturated rings. The highest BCUT2D eigenvalue weighted by atomic mass is 19.1. The minimum absolute atomic E-state index is 0.0336. The highest BCUT2D eigenvalue weighted by molar-refractivity contribution is 5.79. The predicted octanol–water partition coefficient (Wildman–Crippen LogP) is 2.44. The van der Waals surface area contributed by atoms with Crippen LogP contribution in [0.15, 0.2) is 29.3 Å². The van der Waals surface area contributed by atoms with E-state index in [-0.39, 0.29) is 11.2 Å². The normalized spacial score (nSPS) is 20.2. The number of nitrogens with one attached hydrogen (secondary N) is 2. The number of aliphatic imine (C=N–C) groups is 1. The van der Waals surface area contributed by atoms with Crippen molar-refractivity contribution in [1.82, 2.24) is 20.4 Å². The van der Waals surface area contributed by atoms with E-state index >= 15 is 0 Å². The molecule has 1 aromatic rings. The largest absolute Gasteiger partial charge is 0.357 e. The van der Waals surface area contributed by atoms with Crippen LogP contribution in [0.25, 0.3) is 0 Å². The zero-order chi connectivity index (χ0) is 19.8. The van der Waals surface area contributed by atoms with Gasteiger partial charge in [-0.15, -0.1) is 0 Å². The highest BCUT2D eigenvalue weighted by Gasteiger charge is 2.44. The van der Waals surface area contributed by atoms with Gasteiger partial charge in [0.25, 0.3) is 0 Å². The summed E-state index contributed by atoms with van der Waals surface area (Å²) in [6, 6.07) is 7.01. The molecule has 0 bridgehead atoms. The first-order valence-corrected chi connectivity index (χ1v) is 10.8. The maximum atomic E-state index is 13.6. The Morgan fingerprint density at radius 2 is 1.93 bits per heavy atom. The van der Waals surface area contributed by atoms with E-state index in [2.05, 4.69) is 34.4 Å². The third-order valence-electron chi connectivity index (χ3n) is 5.96. The van der Waals surface area contributed by atoms with Crippen molar-refractivity contribution < 1.29 is 4.39 Å². The zero-order valence-electron chi connectivity index (χ0n) is 17.5. The van der Waals surface area contributed by atoms with Crippen LogP contribution in [0.1, 0.15) is 38.2 Å². The van der Waals surface area contributed by atoms with Gasteiger partial charge in [-0.3, -0.25) is 4.99 Å². The van der Waals surface area contributed by atoms with Crippen molar-refractivity contribution in [1.29, 1.82) is 0 Å². The van der Waals surface area contributed by atoms with E-state index in [0.717, 1.165) is 43.9 Å². The van der Waals surface area contributed by atoms with Gasteiger partial charge in [-0.05, 0) is 63.9 Å². The molecule has 0 atom stereocenters. The van der Waals surface area contributed by atoms with Gasteiger partial charge in [0.05, 0.1) is 6.54 Å². The molecule has 6 heteroatoms. The van der Waals surface area contributed by atoms with Gasteiger partial charge in [-0.1, -0.05) is 12.1 Å². The fourth-order valence-corrected chi connectivity index (χ4v) is 3.82. The predicted molar refractivity (Wildman–Crippen MR) is 114 cm³/mol. The van der Waals surface area contributed by atoms with Crippen LogP contribution in [0.4, 0.5) is 4.39 Å². The summed E-state index contributed by atoms with van der Waals surface area (Å²) in [4.78, 5) is 9.77. The van der Waals surface area contributed by atoms with Gasteiger partial charge in [0.1, 0.15) is 5.82 Å². The Bertz CT molecular complexity index is 636. The molecule has 28 heavy (non-hydrogen) atoms. The second-order valence-electron chi connectivity index (χ2n) is 8.26. The fourth-order valence-electron chi connectivity index (χ4n) is 3.82. The molecule has 3 rings (SSSR count). The van der Waals surface area contributed by atoms with E-state index in [9.17, 15) is 4.39 Å². The van der Waals surface area contributed by atoms with E-state index < -0.39 is 0 Å². The molecule has 1 aromatic carbocycles. The average Bonchev–Trinajstić information content (AvgIpc) is 3.48. The number of halogens is 1. The SMILES string of the molecule is CCNC(=NCC1(c2cccc(F)c2)CC1)NCCCCN1CCN(C)CC1. The van der Waals surface area contributed by atoms with Gasteiger partial charge in [0, 0.05) is 44.7 Å². The van der Waals surface area contributed by atoms with E-state index in [4.69, 9.17) is 4.99 Å². The zero-order valence-corrected chi connectivity index (χ0v) is 17.5. The van der Waals surface area contributed by atoms with Crippen LogP contribution >= 0.6 is 0 Å². The van der Waals surface area contributed by atoms with Gasteiger partial charge in [0.15, 0.2) is 5.96 Å². The van der Waals surface area contributed by atoms with E-state index in [1.165, 1.54) is 45.2 Å². The molecule has 2 aliphatic rings. The van der Waals surface area contributed by atoms with Crippen LogP contribution in [-0.2, 0) is 5.41 Å². The first kappa shape index (κ1) is 21.1. The van der Waals surface area contributed by atoms with Crippen molar-refractivity contribution in [2.45, 2.75) is 38.0 Å². The minimum Gasteiger partial charge on any atom is -0.357 e. The van der Waals surface area contributed by atoms with Crippen molar-refractivity contribution in [3.05, 3.63) is 35.6 Å². The molecule has 0 spiro atoms. The molecule has 5 nitrogen and oxygen atoms in total. The molecule has 1 saturated carbocycles. The Labute approximate surface area is 169 Å². The van der Waals surface area contributed by atoms with Crippen LogP contribution < -0.4 is 10.6 Å². The number of nitrogens with zero attached hydrogens (tertiary/aromatic N) is 3.